The van der Waals surface area contributed by atoms with Crippen LogP contribution in [0.5, 0.6) is 0 Å². The summed E-state index contributed by atoms with van der Waals surface area (Å²) < 4.78 is 0. The SMILES string of the molecule is C=C/C=C\c1ccc2nc3ccc4ccccc4c3c(-c3cccc(-c4ccc5ccc6cccc7ccc4c5c67)c3)c2c1C. The monoisotopic (exact) mass is 571 g/mol. The molecule has 0 aliphatic carbocycles. The van der Waals surface area contributed by atoms with Gasteiger partial charge >= 0.3 is 0 Å². The van der Waals surface area contributed by atoms with Crippen molar-refractivity contribution in [1.29, 1.82) is 0 Å². The average Bonchev–Trinajstić information content (AvgIpc) is 3.09. The van der Waals surface area contributed by atoms with Crippen LogP contribution in [0.4, 0.5) is 0 Å². The van der Waals surface area contributed by atoms with Gasteiger partial charge in [0.25, 0.3) is 0 Å². The predicted molar refractivity (Wildman–Crippen MR) is 195 cm³/mol. The molecule has 0 aliphatic heterocycles. The Morgan fingerprint density at radius 2 is 1.20 bits per heavy atom. The van der Waals surface area contributed by atoms with Crippen LogP contribution in [0.15, 0.2) is 146 Å². The first-order chi connectivity index (χ1) is 22.2. The lowest BCUT2D eigenvalue weighted by molar-refractivity contribution is 1.44. The van der Waals surface area contributed by atoms with Crippen molar-refractivity contribution in [2.45, 2.75) is 6.92 Å². The minimum atomic E-state index is 1.01. The zero-order valence-corrected chi connectivity index (χ0v) is 25.0. The first-order valence-electron chi connectivity index (χ1n) is 15.5. The van der Waals surface area contributed by atoms with Gasteiger partial charge in [-0.3, -0.25) is 0 Å². The summed E-state index contributed by atoms with van der Waals surface area (Å²) in [7, 11) is 0. The highest BCUT2D eigenvalue weighted by molar-refractivity contribution is 6.26. The van der Waals surface area contributed by atoms with Crippen molar-refractivity contribution in [2.24, 2.45) is 0 Å². The van der Waals surface area contributed by atoms with Gasteiger partial charge in [0.1, 0.15) is 0 Å². The number of hydrogen-bond donors (Lipinski definition) is 0. The molecular formula is C44H29N. The third-order valence-corrected chi connectivity index (χ3v) is 9.54. The molecule has 9 rings (SSSR count). The zero-order chi connectivity index (χ0) is 30.1. The molecule has 0 aliphatic rings. The lowest BCUT2D eigenvalue weighted by Crippen LogP contribution is -1.95. The molecule has 1 aromatic heterocycles. The Labute approximate surface area is 261 Å². The maximum absolute atomic E-state index is 5.22. The van der Waals surface area contributed by atoms with Crippen LogP contribution >= 0.6 is 0 Å². The van der Waals surface area contributed by atoms with Gasteiger partial charge in [-0.2, -0.15) is 0 Å². The Kier molecular flexibility index (Phi) is 5.63. The Morgan fingerprint density at radius 3 is 2.07 bits per heavy atom. The fourth-order valence-electron chi connectivity index (χ4n) is 7.46. The second-order valence-corrected chi connectivity index (χ2v) is 12.0. The van der Waals surface area contributed by atoms with E-state index in [-0.39, 0.29) is 0 Å². The number of allylic oxidation sites excluding steroid dienone is 2. The number of hydrogen-bond acceptors (Lipinski definition) is 1. The van der Waals surface area contributed by atoms with E-state index >= 15 is 0 Å². The Hall–Kier alpha value is -5.79. The van der Waals surface area contributed by atoms with E-state index < -0.39 is 0 Å². The van der Waals surface area contributed by atoms with E-state index in [2.05, 4.69) is 147 Å². The summed E-state index contributed by atoms with van der Waals surface area (Å²) in [6.45, 7) is 6.12. The number of nitrogens with zero attached hydrogens (tertiary/aromatic N) is 1. The molecule has 1 heterocycles. The van der Waals surface area contributed by atoms with Crippen molar-refractivity contribution in [2.75, 3.05) is 0 Å². The van der Waals surface area contributed by atoms with E-state index in [0.29, 0.717) is 0 Å². The molecule has 0 saturated carbocycles. The third kappa shape index (κ3) is 3.84. The number of pyridine rings is 1. The van der Waals surface area contributed by atoms with Gasteiger partial charge in [0, 0.05) is 16.3 Å². The van der Waals surface area contributed by atoms with E-state index in [1.807, 2.05) is 12.2 Å². The summed E-state index contributed by atoms with van der Waals surface area (Å²) in [6, 6.07) is 46.7. The van der Waals surface area contributed by atoms with Crippen molar-refractivity contribution >= 4 is 71.0 Å². The van der Waals surface area contributed by atoms with Crippen LogP contribution in [-0.2, 0) is 0 Å². The van der Waals surface area contributed by atoms with Crippen molar-refractivity contribution < 1.29 is 0 Å². The zero-order valence-electron chi connectivity index (χ0n) is 25.0. The van der Waals surface area contributed by atoms with Crippen molar-refractivity contribution in [3.63, 3.8) is 0 Å². The molecule has 0 radical (unpaired) electrons. The van der Waals surface area contributed by atoms with Gasteiger partial charge in [-0.15, -0.1) is 0 Å². The summed E-state index contributed by atoms with van der Waals surface area (Å²) in [5.41, 5.74) is 9.31. The number of benzene rings is 8. The number of aryl methyl sites for hydroxylation is 1. The predicted octanol–water partition coefficient (Wildman–Crippen LogP) is 12.3. The van der Waals surface area contributed by atoms with Gasteiger partial charge in [-0.25, -0.2) is 4.98 Å². The summed E-state index contributed by atoms with van der Waals surface area (Å²) in [5.74, 6) is 0. The molecule has 0 spiro atoms. The van der Waals surface area contributed by atoms with Crippen LogP contribution in [-0.4, -0.2) is 4.98 Å². The van der Waals surface area contributed by atoms with Crippen molar-refractivity contribution in [3.8, 4) is 22.3 Å². The molecule has 45 heavy (non-hydrogen) atoms. The average molecular weight is 572 g/mol. The number of rotatable bonds is 4. The van der Waals surface area contributed by atoms with Crippen LogP contribution in [0.3, 0.4) is 0 Å². The molecule has 0 unspecified atom stereocenters. The summed E-state index contributed by atoms with van der Waals surface area (Å²) in [5, 5.41) is 12.7. The first kappa shape index (κ1) is 25.7. The smallest absolute Gasteiger partial charge is 0.0722 e. The van der Waals surface area contributed by atoms with Crippen LogP contribution in [0.1, 0.15) is 11.1 Å². The Morgan fingerprint density at radius 1 is 0.533 bits per heavy atom. The fourth-order valence-corrected chi connectivity index (χ4v) is 7.46. The van der Waals surface area contributed by atoms with E-state index in [4.69, 9.17) is 4.98 Å². The molecule has 0 amide bonds. The molecule has 1 nitrogen and oxygen atoms in total. The lowest BCUT2D eigenvalue weighted by atomic mass is 9.87. The topological polar surface area (TPSA) is 12.9 Å². The maximum atomic E-state index is 5.22. The molecule has 210 valence electrons. The van der Waals surface area contributed by atoms with Gasteiger partial charge in [0.15, 0.2) is 0 Å². The van der Waals surface area contributed by atoms with Crippen LogP contribution < -0.4 is 0 Å². The largest absolute Gasteiger partial charge is 0.248 e. The van der Waals surface area contributed by atoms with Gasteiger partial charge in [0.2, 0.25) is 0 Å². The standard InChI is InChI=1S/C44H29N/c1-3-4-9-28-20-24-38-40(27(28)2)43(44-36-15-6-5-10-29(36)21-25-39(44)45-38)34-14-8-13-33(26-34)35-22-18-32-17-16-30-11-7-12-31-19-23-37(35)42(32)41(30)31/h3-26H,1H2,2H3/b9-4-. The van der Waals surface area contributed by atoms with Gasteiger partial charge in [0.05, 0.1) is 11.0 Å². The normalized spacial score (nSPS) is 12.1. The maximum Gasteiger partial charge on any atom is 0.0722 e. The second-order valence-electron chi connectivity index (χ2n) is 12.0. The highest BCUT2D eigenvalue weighted by Crippen LogP contribution is 2.44. The Balaban J connectivity index is 1.38. The summed E-state index contributed by atoms with van der Waals surface area (Å²) in [6.07, 6.45) is 5.98. The highest BCUT2D eigenvalue weighted by atomic mass is 14.7. The molecule has 0 fully saturated rings. The minimum absolute atomic E-state index is 1.01. The molecule has 8 aromatic carbocycles. The molecule has 9 aromatic rings. The highest BCUT2D eigenvalue weighted by Gasteiger charge is 2.18. The lowest BCUT2D eigenvalue weighted by Gasteiger charge is -2.18. The minimum Gasteiger partial charge on any atom is -0.248 e. The van der Waals surface area contributed by atoms with Crippen molar-refractivity contribution in [1.82, 2.24) is 4.98 Å². The first-order valence-corrected chi connectivity index (χ1v) is 15.5. The quantitative estimate of drug-likeness (QED) is 0.116. The molecule has 0 N–H and O–H groups in total. The van der Waals surface area contributed by atoms with E-state index in [1.54, 1.807) is 0 Å². The van der Waals surface area contributed by atoms with E-state index in [9.17, 15) is 0 Å². The van der Waals surface area contributed by atoms with Crippen LogP contribution in [0.25, 0.3) is 93.2 Å². The fraction of sp³-hybridized carbons (Fsp3) is 0.0227. The summed E-state index contributed by atoms with van der Waals surface area (Å²) >= 11 is 0. The molecule has 0 saturated heterocycles. The number of fused-ring (bicyclic) bond motifs is 4. The number of aromatic nitrogens is 1. The molecule has 0 atom stereocenters. The van der Waals surface area contributed by atoms with Gasteiger partial charge < -0.3 is 0 Å². The molecule has 0 bridgehead atoms. The molecule has 1 heteroatoms. The van der Waals surface area contributed by atoms with Crippen LogP contribution in [0, 0.1) is 6.92 Å². The van der Waals surface area contributed by atoms with E-state index in [0.717, 1.165) is 11.0 Å². The third-order valence-electron chi connectivity index (χ3n) is 9.54. The van der Waals surface area contributed by atoms with Crippen LogP contribution in [0.2, 0.25) is 0 Å². The summed E-state index contributed by atoms with van der Waals surface area (Å²) in [4.78, 5) is 5.22. The Bertz CT molecular complexity index is 2660. The van der Waals surface area contributed by atoms with E-state index in [1.165, 1.54) is 87.2 Å². The molecular weight excluding hydrogens is 542 g/mol. The second kappa shape index (κ2) is 9.87. The van der Waals surface area contributed by atoms with Crippen molar-refractivity contribution in [3.05, 3.63) is 157 Å². The van der Waals surface area contributed by atoms with Gasteiger partial charge in [-0.1, -0.05) is 134 Å². The van der Waals surface area contributed by atoms with Gasteiger partial charge in [-0.05, 0) is 96.0 Å².